The van der Waals surface area contributed by atoms with Crippen molar-refractivity contribution in [2.75, 3.05) is 7.11 Å². The predicted molar refractivity (Wildman–Crippen MR) is 48.2 cm³/mol. The van der Waals surface area contributed by atoms with Crippen LogP contribution in [0.2, 0.25) is 0 Å². The van der Waals surface area contributed by atoms with Crippen molar-refractivity contribution < 1.29 is 13.5 Å². The van der Waals surface area contributed by atoms with Gasteiger partial charge in [0.15, 0.2) is 0 Å². The van der Waals surface area contributed by atoms with Gasteiger partial charge in [-0.1, -0.05) is 0 Å². The van der Waals surface area contributed by atoms with E-state index in [9.17, 15) is 8.78 Å². The van der Waals surface area contributed by atoms with E-state index in [2.05, 4.69) is 20.9 Å². The molecule has 0 amide bonds. The molecule has 0 saturated carbocycles. The van der Waals surface area contributed by atoms with Crippen LogP contribution in [0.3, 0.4) is 0 Å². The van der Waals surface area contributed by atoms with Crippen molar-refractivity contribution in [3.05, 3.63) is 21.9 Å². The van der Waals surface area contributed by atoms with Crippen LogP contribution in [-0.2, 0) is 0 Å². The van der Waals surface area contributed by atoms with Crippen molar-refractivity contribution >= 4 is 15.9 Å². The van der Waals surface area contributed by atoms with Gasteiger partial charge in [-0.2, -0.15) is 0 Å². The summed E-state index contributed by atoms with van der Waals surface area (Å²) < 4.78 is 30.0. The number of nitrogens with zero attached hydrogens (tertiary/aromatic N) is 1. The van der Waals surface area contributed by atoms with Crippen LogP contribution in [0.4, 0.5) is 8.78 Å². The number of hydrogen-bond acceptors (Lipinski definition) is 2. The fourth-order valence-corrected chi connectivity index (χ4v) is 1.50. The second-order valence-corrected chi connectivity index (χ2v) is 3.23. The Morgan fingerprint density at radius 2 is 2.15 bits per heavy atom. The average Bonchev–Trinajstić information content (AvgIpc) is 2.07. The summed E-state index contributed by atoms with van der Waals surface area (Å²) in [5, 5.41) is 0. The Kier molecular flexibility index (Phi) is 3.19. The molecular weight excluding hydrogens is 244 g/mol. The molecule has 2 nitrogen and oxygen atoms in total. The summed E-state index contributed by atoms with van der Waals surface area (Å²) in [6.07, 6.45) is -1.11. The Balaban J connectivity index is 3.35. The molecule has 0 aliphatic heterocycles. The van der Waals surface area contributed by atoms with E-state index in [1.165, 1.54) is 13.3 Å². The average molecular weight is 252 g/mol. The molecule has 0 aliphatic carbocycles. The Bertz CT molecular complexity index is 317. The van der Waals surface area contributed by atoms with E-state index < -0.39 is 6.43 Å². The standard InChI is InChI=1S/C8H8BrF2NO/c1-4-3-12-7(9)5(8(10)11)6(4)13-2/h3,8H,1-2H3. The maximum atomic E-state index is 12.5. The molecule has 0 bridgehead atoms. The molecule has 1 rings (SSSR count). The summed E-state index contributed by atoms with van der Waals surface area (Å²) in [7, 11) is 1.36. The lowest BCUT2D eigenvalue weighted by Crippen LogP contribution is -1.98. The Morgan fingerprint density at radius 3 is 2.54 bits per heavy atom. The summed E-state index contributed by atoms with van der Waals surface area (Å²) in [6.45, 7) is 1.67. The summed E-state index contributed by atoms with van der Waals surface area (Å²) >= 11 is 2.95. The number of halogens is 3. The van der Waals surface area contributed by atoms with Gasteiger partial charge >= 0.3 is 0 Å². The molecule has 1 heterocycles. The third-order valence-corrected chi connectivity index (χ3v) is 2.25. The lowest BCUT2D eigenvalue weighted by molar-refractivity contribution is 0.145. The number of ether oxygens (including phenoxy) is 1. The molecule has 0 fully saturated rings. The van der Waals surface area contributed by atoms with E-state index in [0.29, 0.717) is 5.56 Å². The van der Waals surface area contributed by atoms with E-state index >= 15 is 0 Å². The zero-order valence-corrected chi connectivity index (χ0v) is 8.73. The minimum Gasteiger partial charge on any atom is -0.496 e. The van der Waals surface area contributed by atoms with E-state index in [0.717, 1.165) is 0 Å². The van der Waals surface area contributed by atoms with Crippen LogP contribution in [0, 0.1) is 6.92 Å². The highest BCUT2D eigenvalue weighted by atomic mass is 79.9. The number of aromatic nitrogens is 1. The molecule has 5 heteroatoms. The van der Waals surface area contributed by atoms with Crippen LogP contribution in [0.15, 0.2) is 10.8 Å². The molecule has 0 spiro atoms. The van der Waals surface area contributed by atoms with Gasteiger partial charge in [0, 0.05) is 11.8 Å². The lowest BCUT2D eigenvalue weighted by atomic mass is 10.2. The lowest BCUT2D eigenvalue weighted by Gasteiger charge is -2.11. The van der Waals surface area contributed by atoms with Crippen LogP contribution in [-0.4, -0.2) is 12.1 Å². The van der Waals surface area contributed by atoms with Gasteiger partial charge in [0.25, 0.3) is 6.43 Å². The second-order valence-electron chi connectivity index (χ2n) is 2.48. The monoisotopic (exact) mass is 251 g/mol. The normalized spacial score (nSPS) is 10.6. The van der Waals surface area contributed by atoms with Gasteiger partial charge in [-0.05, 0) is 22.9 Å². The van der Waals surface area contributed by atoms with Crippen LogP contribution < -0.4 is 4.74 Å². The van der Waals surface area contributed by atoms with Crippen molar-refractivity contribution in [3.63, 3.8) is 0 Å². The van der Waals surface area contributed by atoms with E-state index in [1.807, 2.05) is 0 Å². The molecule has 0 radical (unpaired) electrons. The smallest absolute Gasteiger partial charge is 0.270 e. The number of alkyl halides is 2. The van der Waals surface area contributed by atoms with E-state index in [1.54, 1.807) is 6.92 Å². The highest BCUT2D eigenvalue weighted by Gasteiger charge is 2.20. The minimum atomic E-state index is -2.59. The van der Waals surface area contributed by atoms with Crippen molar-refractivity contribution in [2.45, 2.75) is 13.3 Å². The van der Waals surface area contributed by atoms with Gasteiger partial charge in [0.05, 0.1) is 12.7 Å². The zero-order valence-electron chi connectivity index (χ0n) is 7.14. The Hall–Kier alpha value is -0.710. The fourth-order valence-electron chi connectivity index (χ4n) is 1.05. The first kappa shape index (κ1) is 10.4. The number of aryl methyl sites for hydroxylation is 1. The van der Waals surface area contributed by atoms with Gasteiger partial charge in [0.1, 0.15) is 10.4 Å². The van der Waals surface area contributed by atoms with Crippen molar-refractivity contribution in [1.82, 2.24) is 4.98 Å². The number of methoxy groups -OCH3 is 1. The Morgan fingerprint density at radius 1 is 1.54 bits per heavy atom. The third kappa shape index (κ3) is 1.96. The maximum Gasteiger partial charge on any atom is 0.270 e. The molecule has 1 aromatic rings. The molecule has 1 aromatic heterocycles. The summed E-state index contributed by atoms with van der Waals surface area (Å²) in [6, 6.07) is 0. The summed E-state index contributed by atoms with van der Waals surface area (Å²) in [5.41, 5.74) is 0.406. The molecule has 0 unspecified atom stereocenters. The quantitative estimate of drug-likeness (QED) is 0.754. The Labute approximate surface area is 83.1 Å². The first-order valence-electron chi connectivity index (χ1n) is 3.55. The topological polar surface area (TPSA) is 22.1 Å². The molecule has 72 valence electrons. The van der Waals surface area contributed by atoms with E-state index in [-0.39, 0.29) is 15.9 Å². The molecule has 13 heavy (non-hydrogen) atoms. The summed E-state index contributed by atoms with van der Waals surface area (Å²) in [5.74, 6) is 0.192. The van der Waals surface area contributed by atoms with Crippen LogP contribution >= 0.6 is 15.9 Å². The van der Waals surface area contributed by atoms with Crippen molar-refractivity contribution in [2.24, 2.45) is 0 Å². The number of rotatable bonds is 2. The summed E-state index contributed by atoms with van der Waals surface area (Å²) in [4.78, 5) is 3.77. The van der Waals surface area contributed by atoms with Gasteiger partial charge < -0.3 is 4.74 Å². The van der Waals surface area contributed by atoms with Crippen molar-refractivity contribution in [3.8, 4) is 5.75 Å². The first-order valence-corrected chi connectivity index (χ1v) is 4.34. The van der Waals surface area contributed by atoms with Gasteiger partial charge in [-0.25, -0.2) is 13.8 Å². The zero-order chi connectivity index (χ0) is 10.0. The largest absolute Gasteiger partial charge is 0.496 e. The predicted octanol–water partition coefficient (Wildman–Crippen LogP) is 3.10. The first-order chi connectivity index (χ1) is 6.07. The third-order valence-electron chi connectivity index (χ3n) is 1.62. The highest BCUT2D eigenvalue weighted by molar-refractivity contribution is 9.10. The maximum absolute atomic E-state index is 12.5. The van der Waals surface area contributed by atoms with Crippen LogP contribution in [0.25, 0.3) is 0 Å². The molecular formula is C8H8BrF2NO. The van der Waals surface area contributed by atoms with E-state index in [4.69, 9.17) is 4.74 Å². The molecule has 0 atom stereocenters. The van der Waals surface area contributed by atoms with Gasteiger partial charge in [-0.3, -0.25) is 0 Å². The van der Waals surface area contributed by atoms with Crippen LogP contribution in [0.5, 0.6) is 5.75 Å². The minimum absolute atomic E-state index is 0.130. The molecule has 0 aliphatic rings. The molecule has 0 saturated heterocycles. The second kappa shape index (κ2) is 4.00. The number of hydrogen-bond donors (Lipinski definition) is 0. The van der Waals surface area contributed by atoms with Crippen LogP contribution in [0.1, 0.15) is 17.6 Å². The molecule has 0 aromatic carbocycles. The van der Waals surface area contributed by atoms with Crippen molar-refractivity contribution in [1.29, 1.82) is 0 Å². The number of pyridine rings is 1. The highest BCUT2D eigenvalue weighted by Crippen LogP contribution is 2.35. The fraction of sp³-hybridized carbons (Fsp3) is 0.375. The van der Waals surface area contributed by atoms with Gasteiger partial charge in [0.2, 0.25) is 0 Å². The molecule has 0 N–H and O–H groups in total. The SMILES string of the molecule is COc1c(C)cnc(Br)c1C(F)F. The van der Waals surface area contributed by atoms with Gasteiger partial charge in [-0.15, -0.1) is 0 Å².